The van der Waals surface area contributed by atoms with Crippen molar-refractivity contribution in [2.24, 2.45) is 7.05 Å². The molecule has 1 aromatic carbocycles. The number of hydrogen-bond donors (Lipinski definition) is 1. The molecule has 0 amide bonds. The third-order valence-corrected chi connectivity index (χ3v) is 5.23. The van der Waals surface area contributed by atoms with Crippen molar-refractivity contribution in [1.82, 2.24) is 9.78 Å². The van der Waals surface area contributed by atoms with Crippen LogP contribution in [0.3, 0.4) is 0 Å². The third-order valence-electron chi connectivity index (χ3n) is 4.86. The zero-order valence-corrected chi connectivity index (χ0v) is 14.8. The van der Waals surface area contributed by atoms with Gasteiger partial charge in [-0.1, -0.05) is 35.9 Å². The molecule has 5 nitrogen and oxygen atoms in total. The Kier molecular flexibility index (Phi) is 4.92. The number of halogens is 1. The Labute approximate surface area is 146 Å². The van der Waals surface area contributed by atoms with Crippen LogP contribution in [0.2, 0.25) is 5.02 Å². The van der Waals surface area contributed by atoms with Crippen LogP contribution >= 0.6 is 11.6 Å². The Balaban J connectivity index is 1.90. The van der Waals surface area contributed by atoms with Gasteiger partial charge < -0.3 is 10.1 Å². The van der Waals surface area contributed by atoms with Gasteiger partial charge in [-0.3, -0.25) is 4.79 Å². The van der Waals surface area contributed by atoms with Crippen molar-refractivity contribution < 1.29 is 4.74 Å². The summed E-state index contributed by atoms with van der Waals surface area (Å²) in [6.07, 6.45) is 3.47. The molecule has 2 aromatic rings. The van der Waals surface area contributed by atoms with Gasteiger partial charge >= 0.3 is 0 Å². The molecular weight excluding hydrogens is 326 g/mol. The predicted octanol–water partition coefficient (Wildman–Crippen LogP) is 2.90. The second-order valence-corrected chi connectivity index (χ2v) is 6.74. The number of benzene rings is 1. The van der Waals surface area contributed by atoms with Crippen molar-refractivity contribution in [2.75, 3.05) is 25.1 Å². The summed E-state index contributed by atoms with van der Waals surface area (Å²) < 4.78 is 6.81. The average Bonchev–Trinajstić information content (AvgIpc) is 2.60. The summed E-state index contributed by atoms with van der Waals surface area (Å²) in [4.78, 5) is 12.0. The van der Waals surface area contributed by atoms with Crippen LogP contribution in [0.15, 0.2) is 35.3 Å². The molecule has 3 rings (SSSR count). The van der Waals surface area contributed by atoms with Crippen molar-refractivity contribution in [2.45, 2.75) is 25.2 Å². The van der Waals surface area contributed by atoms with Gasteiger partial charge in [0.05, 0.1) is 11.9 Å². The van der Waals surface area contributed by atoms with Crippen LogP contribution in [0.1, 0.15) is 24.0 Å². The number of rotatable bonds is 4. The molecule has 0 aliphatic carbocycles. The highest BCUT2D eigenvalue weighted by atomic mass is 35.5. The first kappa shape index (κ1) is 17.0. The molecule has 0 saturated carbocycles. The lowest BCUT2D eigenvalue weighted by molar-refractivity contribution is 0.0542. The van der Waals surface area contributed by atoms with Gasteiger partial charge in [-0.05, 0) is 30.9 Å². The quantitative estimate of drug-likeness (QED) is 0.924. The summed E-state index contributed by atoms with van der Waals surface area (Å²) in [5.74, 6) is 0. The predicted molar refractivity (Wildman–Crippen MR) is 95.9 cm³/mol. The Morgan fingerprint density at radius 2 is 2.04 bits per heavy atom. The van der Waals surface area contributed by atoms with E-state index in [4.69, 9.17) is 16.3 Å². The Morgan fingerprint density at radius 1 is 1.33 bits per heavy atom. The molecule has 0 radical (unpaired) electrons. The number of hydrogen-bond acceptors (Lipinski definition) is 4. The second-order valence-electron chi connectivity index (χ2n) is 6.36. The normalized spacial score (nSPS) is 16.8. The highest BCUT2D eigenvalue weighted by Crippen LogP contribution is 2.37. The standard InChI is InChI=1S/C18H22ClN3O2/c1-13-5-3-4-6-14(13)18(7-9-24-10-8-18)12-20-15-11-21-22(2)17(23)16(15)19/h3-6,11,20H,7-10,12H2,1-2H3. The zero-order chi connectivity index (χ0) is 17.2. The minimum absolute atomic E-state index is 0.0337. The largest absolute Gasteiger partial charge is 0.381 e. The fourth-order valence-electron chi connectivity index (χ4n) is 3.37. The monoisotopic (exact) mass is 347 g/mol. The lowest BCUT2D eigenvalue weighted by Crippen LogP contribution is -2.41. The molecule has 1 aliphatic heterocycles. The molecule has 1 saturated heterocycles. The third kappa shape index (κ3) is 3.19. The van der Waals surface area contributed by atoms with Gasteiger partial charge in [-0.25, -0.2) is 4.68 Å². The SMILES string of the molecule is Cc1ccccc1C1(CNc2cnn(C)c(=O)c2Cl)CCOCC1. The fraction of sp³-hybridized carbons (Fsp3) is 0.444. The van der Waals surface area contributed by atoms with E-state index in [2.05, 4.69) is 41.6 Å². The summed E-state index contributed by atoms with van der Waals surface area (Å²) in [5.41, 5.74) is 2.86. The number of nitrogens with one attached hydrogen (secondary N) is 1. The van der Waals surface area contributed by atoms with E-state index >= 15 is 0 Å². The van der Waals surface area contributed by atoms with Crippen molar-refractivity contribution >= 4 is 17.3 Å². The second kappa shape index (κ2) is 6.95. The molecule has 1 fully saturated rings. The Hall–Kier alpha value is -1.85. The highest BCUT2D eigenvalue weighted by molar-refractivity contribution is 6.32. The van der Waals surface area contributed by atoms with Crippen molar-refractivity contribution in [1.29, 1.82) is 0 Å². The highest BCUT2D eigenvalue weighted by Gasteiger charge is 2.35. The molecule has 2 heterocycles. The van der Waals surface area contributed by atoms with Crippen LogP contribution in [0, 0.1) is 6.92 Å². The smallest absolute Gasteiger partial charge is 0.287 e. The van der Waals surface area contributed by atoms with Crippen molar-refractivity contribution in [3.63, 3.8) is 0 Å². The molecule has 1 aliphatic rings. The summed E-state index contributed by atoms with van der Waals surface area (Å²) >= 11 is 6.18. The molecule has 1 N–H and O–H groups in total. The molecule has 0 unspecified atom stereocenters. The van der Waals surface area contributed by atoms with Gasteiger partial charge in [0.1, 0.15) is 5.02 Å². The summed E-state index contributed by atoms with van der Waals surface area (Å²) in [6, 6.07) is 8.46. The Bertz CT molecular complexity index is 782. The van der Waals surface area contributed by atoms with E-state index in [1.165, 1.54) is 15.8 Å². The number of nitrogens with zero attached hydrogens (tertiary/aromatic N) is 2. The van der Waals surface area contributed by atoms with E-state index in [1.807, 2.05) is 0 Å². The Morgan fingerprint density at radius 3 is 2.75 bits per heavy atom. The van der Waals surface area contributed by atoms with Gasteiger partial charge in [0.2, 0.25) is 0 Å². The number of anilines is 1. The van der Waals surface area contributed by atoms with Crippen LogP contribution in [-0.2, 0) is 17.2 Å². The van der Waals surface area contributed by atoms with Crippen LogP contribution in [-0.4, -0.2) is 29.5 Å². The molecule has 128 valence electrons. The van der Waals surface area contributed by atoms with E-state index < -0.39 is 0 Å². The van der Waals surface area contributed by atoms with Crippen LogP contribution in [0.5, 0.6) is 0 Å². The molecule has 0 atom stereocenters. The van der Waals surface area contributed by atoms with Gasteiger partial charge in [0.15, 0.2) is 0 Å². The number of ether oxygens (including phenoxy) is 1. The fourth-order valence-corrected chi connectivity index (χ4v) is 3.61. The number of aromatic nitrogens is 2. The van der Waals surface area contributed by atoms with Crippen LogP contribution < -0.4 is 10.9 Å². The van der Waals surface area contributed by atoms with E-state index in [0.717, 1.165) is 26.1 Å². The van der Waals surface area contributed by atoms with E-state index in [1.54, 1.807) is 13.2 Å². The maximum Gasteiger partial charge on any atom is 0.287 e. The maximum absolute atomic E-state index is 12.0. The van der Waals surface area contributed by atoms with E-state index in [9.17, 15) is 4.79 Å². The van der Waals surface area contributed by atoms with E-state index in [0.29, 0.717) is 12.2 Å². The molecule has 1 aromatic heterocycles. The topological polar surface area (TPSA) is 56.2 Å². The summed E-state index contributed by atoms with van der Waals surface area (Å²) in [7, 11) is 1.59. The lowest BCUT2D eigenvalue weighted by Gasteiger charge is -2.39. The van der Waals surface area contributed by atoms with Gasteiger partial charge in [-0.2, -0.15) is 5.10 Å². The minimum Gasteiger partial charge on any atom is -0.381 e. The van der Waals surface area contributed by atoms with Gasteiger partial charge in [0.25, 0.3) is 5.56 Å². The molecule has 6 heteroatoms. The van der Waals surface area contributed by atoms with Crippen LogP contribution in [0.25, 0.3) is 0 Å². The van der Waals surface area contributed by atoms with E-state index in [-0.39, 0.29) is 16.0 Å². The van der Waals surface area contributed by atoms with Gasteiger partial charge in [-0.15, -0.1) is 0 Å². The first-order chi connectivity index (χ1) is 11.5. The molecule has 0 spiro atoms. The maximum atomic E-state index is 12.0. The average molecular weight is 348 g/mol. The molecule has 24 heavy (non-hydrogen) atoms. The van der Waals surface area contributed by atoms with Gasteiger partial charge in [0, 0.05) is 32.2 Å². The number of aryl methyl sites for hydroxylation is 2. The van der Waals surface area contributed by atoms with Crippen LogP contribution in [0.4, 0.5) is 5.69 Å². The summed E-state index contributed by atoms with van der Waals surface area (Å²) in [5, 5.41) is 7.58. The molecular formula is C18H22ClN3O2. The van der Waals surface area contributed by atoms with Crippen molar-refractivity contribution in [3.05, 3.63) is 57.0 Å². The zero-order valence-electron chi connectivity index (χ0n) is 14.0. The molecule has 0 bridgehead atoms. The first-order valence-electron chi connectivity index (χ1n) is 8.13. The minimum atomic E-state index is -0.293. The first-order valence-corrected chi connectivity index (χ1v) is 8.51. The van der Waals surface area contributed by atoms with Crippen molar-refractivity contribution in [3.8, 4) is 0 Å². The summed E-state index contributed by atoms with van der Waals surface area (Å²) in [6.45, 7) is 4.30. The lowest BCUT2D eigenvalue weighted by atomic mass is 9.72.